The Hall–Kier alpha value is -3.74. The van der Waals surface area contributed by atoms with Gasteiger partial charge in [0.25, 0.3) is 5.91 Å². The molecule has 2 heterocycles. The minimum atomic E-state index is -0.203. The molecule has 0 aliphatic carbocycles. The molecular formula is C24H25N5O2. The first-order chi connectivity index (χ1) is 15.1. The van der Waals surface area contributed by atoms with Gasteiger partial charge in [-0.2, -0.15) is 0 Å². The van der Waals surface area contributed by atoms with Crippen LogP contribution in [0.4, 0.5) is 17.2 Å². The van der Waals surface area contributed by atoms with Crippen molar-refractivity contribution in [2.24, 2.45) is 5.92 Å². The molecule has 2 N–H and O–H groups in total. The zero-order chi connectivity index (χ0) is 21.6. The Morgan fingerprint density at radius 1 is 1.03 bits per heavy atom. The lowest BCUT2D eigenvalue weighted by Crippen LogP contribution is -2.41. The van der Waals surface area contributed by atoms with Gasteiger partial charge < -0.3 is 15.5 Å². The van der Waals surface area contributed by atoms with E-state index in [2.05, 4.69) is 25.5 Å². The number of piperidine rings is 1. The average Bonchev–Trinajstić information content (AvgIpc) is 2.81. The molecule has 1 saturated heterocycles. The molecule has 158 valence electrons. The SMILES string of the molecule is Cc1c(NC(=O)C2CCCN(c3cnccn3)C2)cccc1C(=O)Nc1ccccc1. The summed E-state index contributed by atoms with van der Waals surface area (Å²) in [6, 6.07) is 14.7. The van der Waals surface area contributed by atoms with Gasteiger partial charge in [-0.15, -0.1) is 0 Å². The molecule has 1 aliphatic rings. The lowest BCUT2D eigenvalue weighted by Gasteiger charge is -2.32. The van der Waals surface area contributed by atoms with Crippen LogP contribution in [0.1, 0.15) is 28.8 Å². The lowest BCUT2D eigenvalue weighted by atomic mass is 9.96. The molecule has 0 saturated carbocycles. The highest BCUT2D eigenvalue weighted by Gasteiger charge is 2.27. The van der Waals surface area contributed by atoms with E-state index in [0.717, 1.165) is 36.5 Å². The van der Waals surface area contributed by atoms with E-state index in [1.165, 1.54) is 0 Å². The van der Waals surface area contributed by atoms with Gasteiger partial charge >= 0.3 is 0 Å². The number of hydrogen-bond acceptors (Lipinski definition) is 5. The highest BCUT2D eigenvalue weighted by molar-refractivity contribution is 6.07. The van der Waals surface area contributed by atoms with Gasteiger partial charge in [-0.05, 0) is 49.6 Å². The number of carbonyl (C=O) groups excluding carboxylic acids is 2. The van der Waals surface area contributed by atoms with Crippen molar-refractivity contribution in [1.29, 1.82) is 0 Å². The highest BCUT2D eigenvalue weighted by atomic mass is 16.2. The molecule has 0 spiro atoms. The van der Waals surface area contributed by atoms with Crippen molar-refractivity contribution in [3.05, 3.63) is 78.2 Å². The topological polar surface area (TPSA) is 87.2 Å². The number of para-hydroxylation sites is 1. The van der Waals surface area contributed by atoms with Gasteiger partial charge in [0.15, 0.2) is 0 Å². The van der Waals surface area contributed by atoms with Crippen LogP contribution in [0.5, 0.6) is 0 Å². The molecule has 4 rings (SSSR count). The van der Waals surface area contributed by atoms with Gasteiger partial charge in [-0.3, -0.25) is 14.6 Å². The van der Waals surface area contributed by atoms with Crippen molar-refractivity contribution in [2.75, 3.05) is 28.6 Å². The van der Waals surface area contributed by atoms with E-state index >= 15 is 0 Å². The van der Waals surface area contributed by atoms with Crippen molar-refractivity contribution in [2.45, 2.75) is 19.8 Å². The predicted molar refractivity (Wildman–Crippen MR) is 121 cm³/mol. The maximum absolute atomic E-state index is 13.0. The number of nitrogens with one attached hydrogen (secondary N) is 2. The fraction of sp³-hybridized carbons (Fsp3) is 0.250. The van der Waals surface area contributed by atoms with E-state index in [9.17, 15) is 9.59 Å². The summed E-state index contributed by atoms with van der Waals surface area (Å²) in [5, 5.41) is 5.93. The Balaban J connectivity index is 1.44. The van der Waals surface area contributed by atoms with E-state index in [4.69, 9.17) is 0 Å². The van der Waals surface area contributed by atoms with Crippen molar-refractivity contribution in [3.63, 3.8) is 0 Å². The smallest absolute Gasteiger partial charge is 0.256 e. The second-order valence-corrected chi connectivity index (χ2v) is 7.64. The summed E-state index contributed by atoms with van der Waals surface area (Å²) in [5.41, 5.74) is 2.66. The van der Waals surface area contributed by atoms with Crippen LogP contribution >= 0.6 is 0 Å². The molecule has 1 fully saturated rings. The monoisotopic (exact) mass is 415 g/mol. The molecule has 2 aromatic carbocycles. The van der Waals surface area contributed by atoms with Crippen LogP contribution in [0.2, 0.25) is 0 Å². The van der Waals surface area contributed by atoms with Crippen LogP contribution in [-0.2, 0) is 4.79 Å². The molecule has 1 aliphatic heterocycles. The Labute approximate surface area is 181 Å². The van der Waals surface area contributed by atoms with E-state index in [1.807, 2.05) is 43.3 Å². The van der Waals surface area contributed by atoms with E-state index in [0.29, 0.717) is 17.8 Å². The fourth-order valence-electron chi connectivity index (χ4n) is 3.83. The van der Waals surface area contributed by atoms with Gasteiger partial charge in [0, 0.05) is 42.4 Å². The molecule has 31 heavy (non-hydrogen) atoms. The van der Waals surface area contributed by atoms with Gasteiger partial charge in [-0.1, -0.05) is 24.3 Å². The summed E-state index contributed by atoms with van der Waals surface area (Å²) in [6.45, 7) is 3.30. The lowest BCUT2D eigenvalue weighted by molar-refractivity contribution is -0.120. The van der Waals surface area contributed by atoms with Crippen molar-refractivity contribution < 1.29 is 9.59 Å². The Bertz CT molecular complexity index is 1060. The van der Waals surface area contributed by atoms with Crippen LogP contribution in [0.15, 0.2) is 67.1 Å². The number of amides is 2. The first kappa shape index (κ1) is 20.5. The zero-order valence-corrected chi connectivity index (χ0v) is 17.4. The molecule has 2 amide bonds. The van der Waals surface area contributed by atoms with Crippen molar-refractivity contribution in [3.8, 4) is 0 Å². The van der Waals surface area contributed by atoms with Crippen LogP contribution in [0.25, 0.3) is 0 Å². The first-order valence-corrected chi connectivity index (χ1v) is 10.4. The minimum absolute atomic E-state index is 0.0442. The summed E-state index contributed by atoms with van der Waals surface area (Å²) in [7, 11) is 0. The molecule has 0 bridgehead atoms. The number of nitrogens with zero attached hydrogens (tertiary/aromatic N) is 3. The van der Waals surface area contributed by atoms with Crippen LogP contribution in [0.3, 0.4) is 0 Å². The predicted octanol–water partition coefficient (Wildman–Crippen LogP) is 3.89. The second kappa shape index (κ2) is 9.38. The molecule has 1 atom stereocenters. The normalized spacial score (nSPS) is 15.9. The average molecular weight is 415 g/mol. The van der Waals surface area contributed by atoms with E-state index in [1.54, 1.807) is 30.7 Å². The van der Waals surface area contributed by atoms with E-state index < -0.39 is 0 Å². The molecule has 1 unspecified atom stereocenters. The molecule has 7 nitrogen and oxygen atoms in total. The summed E-state index contributed by atoms with van der Waals surface area (Å²) >= 11 is 0. The first-order valence-electron chi connectivity index (χ1n) is 10.4. The molecule has 7 heteroatoms. The Morgan fingerprint density at radius 3 is 2.65 bits per heavy atom. The third-order valence-corrected chi connectivity index (χ3v) is 5.53. The molecule has 1 aromatic heterocycles. The van der Waals surface area contributed by atoms with E-state index in [-0.39, 0.29) is 17.7 Å². The number of aromatic nitrogens is 2. The standard InChI is InChI=1S/C24H25N5O2/c1-17-20(24(31)27-19-8-3-2-4-9-19)10-5-11-21(17)28-23(30)18-7-6-14-29(16-18)22-15-25-12-13-26-22/h2-5,8-13,15,18H,6-7,14,16H2,1H3,(H,27,31)(H,28,30). The van der Waals surface area contributed by atoms with Crippen molar-refractivity contribution in [1.82, 2.24) is 9.97 Å². The largest absolute Gasteiger partial charge is 0.355 e. The van der Waals surface area contributed by atoms with Gasteiger partial charge in [0.2, 0.25) is 5.91 Å². The molecule has 3 aromatic rings. The van der Waals surface area contributed by atoms with Gasteiger partial charge in [-0.25, -0.2) is 4.98 Å². The summed E-state index contributed by atoms with van der Waals surface area (Å²) < 4.78 is 0. The third kappa shape index (κ3) is 4.88. The third-order valence-electron chi connectivity index (χ3n) is 5.53. The van der Waals surface area contributed by atoms with Crippen LogP contribution in [0, 0.1) is 12.8 Å². The quantitative estimate of drug-likeness (QED) is 0.660. The van der Waals surface area contributed by atoms with Gasteiger partial charge in [0.1, 0.15) is 5.82 Å². The summed E-state index contributed by atoms with van der Waals surface area (Å²) in [6.07, 6.45) is 6.75. The number of hydrogen-bond donors (Lipinski definition) is 2. The Morgan fingerprint density at radius 2 is 1.87 bits per heavy atom. The molecule has 0 radical (unpaired) electrons. The fourth-order valence-corrected chi connectivity index (χ4v) is 3.83. The highest BCUT2D eigenvalue weighted by Crippen LogP contribution is 2.25. The number of anilines is 3. The van der Waals surface area contributed by atoms with Crippen molar-refractivity contribution >= 4 is 29.0 Å². The van der Waals surface area contributed by atoms with Crippen LogP contribution < -0.4 is 15.5 Å². The van der Waals surface area contributed by atoms with Gasteiger partial charge in [0.05, 0.1) is 12.1 Å². The zero-order valence-electron chi connectivity index (χ0n) is 17.4. The minimum Gasteiger partial charge on any atom is -0.355 e. The number of benzene rings is 2. The Kier molecular flexibility index (Phi) is 6.21. The summed E-state index contributed by atoms with van der Waals surface area (Å²) in [5.74, 6) is 0.385. The number of carbonyl (C=O) groups is 2. The summed E-state index contributed by atoms with van der Waals surface area (Å²) in [4.78, 5) is 36.3. The maximum Gasteiger partial charge on any atom is 0.256 e. The van der Waals surface area contributed by atoms with Crippen LogP contribution in [-0.4, -0.2) is 34.9 Å². The maximum atomic E-state index is 13.0. The number of rotatable bonds is 5. The molecular weight excluding hydrogens is 390 g/mol. The second-order valence-electron chi connectivity index (χ2n) is 7.64.